The Morgan fingerprint density at radius 3 is 2.62 bits per heavy atom. The predicted molar refractivity (Wildman–Crippen MR) is 134 cm³/mol. The van der Waals surface area contributed by atoms with Crippen LogP contribution in [-0.4, -0.2) is 49.1 Å². The average Bonchev–Trinajstić information content (AvgIpc) is 3.63. The third-order valence-electron chi connectivity index (χ3n) is 7.58. The number of hydrogen-bond acceptors (Lipinski definition) is 8. The number of ether oxygens (including phenoxy) is 3. The minimum Gasteiger partial charge on any atom is -0.491 e. The van der Waals surface area contributed by atoms with Gasteiger partial charge in [0.1, 0.15) is 17.9 Å². The zero-order valence-corrected chi connectivity index (χ0v) is 21.7. The van der Waals surface area contributed by atoms with Gasteiger partial charge in [-0.1, -0.05) is 12.1 Å². The van der Waals surface area contributed by atoms with Crippen LogP contribution in [0.2, 0.25) is 0 Å². The summed E-state index contributed by atoms with van der Waals surface area (Å²) < 4.78 is 72.0. The number of benzene rings is 2. The van der Waals surface area contributed by atoms with Gasteiger partial charge in [0.05, 0.1) is 37.0 Å². The van der Waals surface area contributed by atoms with Gasteiger partial charge in [-0.25, -0.2) is 14.9 Å². The summed E-state index contributed by atoms with van der Waals surface area (Å²) >= 11 is 0. The molecule has 2 aromatic rings. The first kappa shape index (κ1) is 27.2. The van der Waals surface area contributed by atoms with Gasteiger partial charge in [0.15, 0.2) is 0 Å². The molecule has 2 aromatic carbocycles. The van der Waals surface area contributed by atoms with E-state index in [1.165, 1.54) is 25.3 Å². The lowest BCUT2D eigenvalue weighted by Gasteiger charge is -2.33. The number of hydrazine groups is 2. The van der Waals surface area contributed by atoms with Crippen LogP contribution >= 0.6 is 0 Å². The minimum atomic E-state index is -4.71. The van der Waals surface area contributed by atoms with Gasteiger partial charge >= 0.3 is 12.3 Å². The fourth-order valence-electron chi connectivity index (χ4n) is 6.05. The summed E-state index contributed by atoms with van der Waals surface area (Å²) in [6, 6.07) is 10.9. The molecule has 1 N–H and O–H groups in total. The Morgan fingerprint density at radius 1 is 1.21 bits per heavy atom. The number of halogens is 4. The number of carbonyl (C=O) groups is 1. The lowest BCUT2D eigenvalue weighted by Crippen LogP contribution is -2.52. The highest BCUT2D eigenvalue weighted by atomic mass is 19.4. The Bertz CT molecular complexity index is 1240. The van der Waals surface area contributed by atoms with E-state index in [2.05, 4.69) is 5.10 Å². The van der Waals surface area contributed by atoms with Crippen molar-refractivity contribution in [1.29, 1.82) is 0 Å². The number of hydrazone groups is 1. The molecule has 1 unspecified atom stereocenters. The summed E-state index contributed by atoms with van der Waals surface area (Å²) in [5.41, 5.74) is 2.92. The number of methoxy groups -OCH3 is 1. The third kappa shape index (κ3) is 5.14. The van der Waals surface area contributed by atoms with Crippen LogP contribution in [0.3, 0.4) is 0 Å². The van der Waals surface area contributed by atoms with E-state index in [0.29, 0.717) is 30.6 Å². The molecular weight excluding hydrogens is 520 g/mol. The van der Waals surface area contributed by atoms with E-state index < -0.39 is 17.8 Å². The van der Waals surface area contributed by atoms with E-state index in [9.17, 15) is 22.4 Å². The number of nitrogens with one attached hydrogen (secondary N) is 1. The summed E-state index contributed by atoms with van der Waals surface area (Å²) in [6.45, 7) is 4.02. The maximum absolute atomic E-state index is 13.7. The number of alkyl halides is 3. The molecule has 0 aromatic heterocycles. The number of carbonyl (C=O) groups excluding carboxylic acids is 1. The molecule has 1 aliphatic carbocycles. The van der Waals surface area contributed by atoms with Gasteiger partial charge in [-0.2, -0.15) is 18.3 Å². The van der Waals surface area contributed by atoms with Gasteiger partial charge in [0, 0.05) is 17.4 Å². The van der Waals surface area contributed by atoms with Crippen molar-refractivity contribution < 1.29 is 36.6 Å². The SMILES string of the molecule is COC(=O)[C@H]1CC[C@@]2(CC(c3cc(N4C=NNN4C(F)(F)F)ccc3OC(C)C)CO2)[C@@H]1c1ccc(F)cc1. The second-order valence-corrected chi connectivity index (χ2v) is 10.3. The Labute approximate surface area is 223 Å². The summed E-state index contributed by atoms with van der Waals surface area (Å²) in [5.74, 6) is -1.27. The Kier molecular flexibility index (Phi) is 7.19. The summed E-state index contributed by atoms with van der Waals surface area (Å²) in [5, 5.41) is 4.41. The van der Waals surface area contributed by atoms with Gasteiger partial charge < -0.3 is 14.2 Å². The zero-order chi connectivity index (χ0) is 27.9. The first-order valence-electron chi connectivity index (χ1n) is 12.7. The van der Waals surface area contributed by atoms with Gasteiger partial charge in [-0.3, -0.25) is 4.79 Å². The van der Waals surface area contributed by atoms with Gasteiger partial charge in [-0.05, 0) is 74.1 Å². The minimum absolute atomic E-state index is 0.0236. The molecule has 5 rings (SSSR count). The van der Waals surface area contributed by atoms with E-state index in [4.69, 9.17) is 14.2 Å². The maximum atomic E-state index is 13.7. The Morgan fingerprint density at radius 2 is 1.95 bits per heavy atom. The summed E-state index contributed by atoms with van der Waals surface area (Å²) in [4.78, 5) is 12.7. The van der Waals surface area contributed by atoms with Crippen LogP contribution in [0.1, 0.15) is 56.1 Å². The zero-order valence-electron chi connectivity index (χ0n) is 21.7. The summed E-state index contributed by atoms with van der Waals surface area (Å²) in [6.07, 6.45) is -2.22. The molecule has 4 atom stereocenters. The van der Waals surface area contributed by atoms with Crippen molar-refractivity contribution in [3.8, 4) is 5.75 Å². The third-order valence-corrected chi connectivity index (χ3v) is 7.58. The molecule has 12 heteroatoms. The first-order valence-corrected chi connectivity index (χ1v) is 12.7. The van der Waals surface area contributed by atoms with Crippen molar-refractivity contribution >= 4 is 18.0 Å². The first-order chi connectivity index (χ1) is 18.5. The number of rotatable bonds is 6. The van der Waals surface area contributed by atoms with E-state index in [-0.39, 0.29) is 47.1 Å². The van der Waals surface area contributed by atoms with Crippen molar-refractivity contribution in [1.82, 2.24) is 10.7 Å². The molecule has 8 nitrogen and oxygen atoms in total. The van der Waals surface area contributed by atoms with E-state index >= 15 is 0 Å². The molecule has 1 saturated carbocycles. The van der Waals surface area contributed by atoms with Crippen LogP contribution in [0.4, 0.5) is 23.2 Å². The molecule has 2 aliphatic heterocycles. The molecule has 2 fully saturated rings. The average molecular weight is 551 g/mol. The monoisotopic (exact) mass is 550 g/mol. The highest BCUT2D eigenvalue weighted by Crippen LogP contribution is 2.57. The van der Waals surface area contributed by atoms with Gasteiger partial charge in [0.2, 0.25) is 0 Å². The van der Waals surface area contributed by atoms with E-state index in [1.54, 1.807) is 24.3 Å². The predicted octanol–water partition coefficient (Wildman–Crippen LogP) is 5.23. The smallest absolute Gasteiger partial charge is 0.491 e. The second kappa shape index (κ2) is 10.3. The molecule has 0 radical (unpaired) electrons. The van der Waals surface area contributed by atoms with E-state index in [0.717, 1.165) is 16.9 Å². The van der Waals surface area contributed by atoms with Crippen molar-refractivity contribution in [3.63, 3.8) is 0 Å². The molecule has 1 spiro atoms. The van der Waals surface area contributed by atoms with Crippen LogP contribution in [0.15, 0.2) is 47.6 Å². The summed E-state index contributed by atoms with van der Waals surface area (Å²) in [7, 11) is 1.34. The number of anilines is 1. The van der Waals surface area contributed by atoms with Gasteiger partial charge in [-0.15, -0.1) is 0 Å². The van der Waals surface area contributed by atoms with E-state index in [1.807, 2.05) is 19.4 Å². The van der Waals surface area contributed by atoms with Crippen LogP contribution in [0.5, 0.6) is 5.75 Å². The molecular formula is C27H30F4N4O4. The normalized spacial score (nSPS) is 27.0. The highest BCUT2D eigenvalue weighted by molar-refractivity contribution is 5.79. The quantitative estimate of drug-likeness (QED) is 0.300. The van der Waals surface area contributed by atoms with Crippen molar-refractivity contribution in [3.05, 3.63) is 59.4 Å². The molecule has 39 heavy (non-hydrogen) atoms. The standard InChI is InChI=1S/C27H30F4N4O4/c1-16(2)39-23-9-8-20(34-15-32-33-35(34)27(29,30)31)12-22(23)18-13-26(38-14-18)11-10-21(25(36)37-3)24(26)17-4-6-19(28)7-5-17/h4-9,12,15-16,18,21,24,33H,10-11,13-14H2,1-3H3/t18?,21-,24+,26+/m0/s1. The van der Waals surface area contributed by atoms with Crippen LogP contribution < -0.4 is 15.3 Å². The lowest BCUT2D eigenvalue weighted by atomic mass is 9.76. The van der Waals surface area contributed by atoms with Crippen LogP contribution in [0.25, 0.3) is 0 Å². The lowest BCUT2D eigenvalue weighted by molar-refractivity contribution is -0.259. The maximum Gasteiger partial charge on any atom is 0.497 e. The van der Waals surface area contributed by atoms with Crippen LogP contribution in [-0.2, 0) is 14.3 Å². The van der Waals surface area contributed by atoms with Crippen molar-refractivity contribution in [2.24, 2.45) is 11.0 Å². The van der Waals surface area contributed by atoms with Crippen molar-refractivity contribution in [2.75, 3.05) is 18.7 Å². The van der Waals surface area contributed by atoms with Gasteiger partial charge in [0.25, 0.3) is 0 Å². The number of hydrogen-bond donors (Lipinski definition) is 1. The largest absolute Gasteiger partial charge is 0.497 e. The molecule has 1 saturated heterocycles. The van der Waals surface area contributed by atoms with Crippen LogP contribution in [0, 0.1) is 11.7 Å². The topological polar surface area (TPSA) is 75.6 Å². The molecule has 210 valence electrons. The van der Waals surface area contributed by atoms with Crippen molar-refractivity contribution in [2.45, 2.75) is 63.0 Å². The second-order valence-electron chi connectivity index (χ2n) is 10.3. The molecule has 0 amide bonds. The fourth-order valence-corrected chi connectivity index (χ4v) is 6.05. The number of esters is 1. The number of nitrogens with zero attached hydrogens (tertiary/aromatic N) is 3. The highest BCUT2D eigenvalue weighted by Gasteiger charge is 2.57. The Hall–Kier alpha value is -3.38. The molecule has 0 bridgehead atoms. The fraction of sp³-hybridized carbons (Fsp3) is 0.481. The molecule has 3 aliphatic rings. The Balaban J connectivity index is 1.50. The molecule has 2 heterocycles.